The zero-order valence-electron chi connectivity index (χ0n) is 11.8. The number of methoxy groups -OCH3 is 1. The summed E-state index contributed by atoms with van der Waals surface area (Å²) in [5.74, 6) is 1.10. The number of aromatic nitrogens is 1. The Bertz CT molecular complexity index is 624. The first-order valence-corrected chi connectivity index (χ1v) is 7.30. The maximum atomic E-state index is 11.7. The molecule has 0 saturated heterocycles. The van der Waals surface area contributed by atoms with Crippen LogP contribution in [0.25, 0.3) is 6.08 Å². The van der Waals surface area contributed by atoms with E-state index in [-0.39, 0.29) is 5.91 Å². The first kappa shape index (κ1) is 15.1. The Kier molecular flexibility index (Phi) is 5.34. The number of anilines is 1. The zero-order chi connectivity index (χ0) is 15.1. The monoisotopic (exact) mass is 304 g/mol. The molecule has 21 heavy (non-hydrogen) atoms. The fraction of sp³-hybridized carbons (Fsp3) is 0.200. The average Bonchev–Trinajstić information content (AvgIpc) is 2.98. The van der Waals surface area contributed by atoms with Crippen molar-refractivity contribution in [1.29, 1.82) is 0 Å². The van der Waals surface area contributed by atoms with Gasteiger partial charge in [0.25, 0.3) is 0 Å². The van der Waals surface area contributed by atoms with E-state index in [1.165, 1.54) is 17.4 Å². The van der Waals surface area contributed by atoms with E-state index < -0.39 is 0 Å². The van der Waals surface area contributed by atoms with Crippen LogP contribution < -0.4 is 14.8 Å². The van der Waals surface area contributed by atoms with Crippen molar-refractivity contribution in [3.05, 3.63) is 41.4 Å². The number of hydrogen-bond acceptors (Lipinski definition) is 5. The van der Waals surface area contributed by atoms with Crippen LogP contribution in [0.2, 0.25) is 0 Å². The van der Waals surface area contributed by atoms with Crippen LogP contribution in [-0.2, 0) is 4.79 Å². The second-order valence-electron chi connectivity index (χ2n) is 4.00. The molecule has 0 fully saturated rings. The lowest BCUT2D eigenvalue weighted by atomic mass is 10.2. The third kappa shape index (κ3) is 4.32. The lowest BCUT2D eigenvalue weighted by molar-refractivity contribution is -0.111. The van der Waals surface area contributed by atoms with E-state index in [4.69, 9.17) is 9.47 Å². The van der Waals surface area contributed by atoms with E-state index in [0.29, 0.717) is 23.2 Å². The van der Waals surface area contributed by atoms with Gasteiger partial charge in [-0.1, -0.05) is 6.07 Å². The molecule has 0 bridgehead atoms. The minimum absolute atomic E-state index is 0.223. The summed E-state index contributed by atoms with van der Waals surface area (Å²) in [6, 6.07) is 5.49. The van der Waals surface area contributed by atoms with Crippen molar-refractivity contribution >= 4 is 28.5 Å². The summed E-state index contributed by atoms with van der Waals surface area (Å²) in [6.45, 7) is 2.46. The molecular weight excluding hydrogens is 288 g/mol. The van der Waals surface area contributed by atoms with Crippen molar-refractivity contribution in [2.24, 2.45) is 0 Å². The lowest BCUT2D eigenvalue weighted by Gasteiger charge is -2.09. The summed E-state index contributed by atoms with van der Waals surface area (Å²) in [7, 11) is 1.59. The standard InChI is InChI=1S/C15H16N2O3S/c1-3-20-13-10-11(4-6-12(13)19-2)5-7-14(18)17-15-16-8-9-21-15/h4-10H,3H2,1-2H3,(H,16,17,18)/b7-5+. The molecule has 1 N–H and O–H groups in total. The first-order valence-electron chi connectivity index (χ1n) is 6.42. The zero-order valence-corrected chi connectivity index (χ0v) is 12.6. The fourth-order valence-corrected chi connectivity index (χ4v) is 2.20. The number of rotatable bonds is 6. The Morgan fingerprint density at radius 3 is 2.95 bits per heavy atom. The molecule has 0 saturated carbocycles. The van der Waals surface area contributed by atoms with Crippen molar-refractivity contribution in [3.63, 3.8) is 0 Å². The van der Waals surface area contributed by atoms with Gasteiger partial charge in [-0.3, -0.25) is 10.1 Å². The average molecular weight is 304 g/mol. The highest BCUT2D eigenvalue weighted by Crippen LogP contribution is 2.28. The summed E-state index contributed by atoms with van der Waals surface area (Å²) in [5, 5.41) is 5.06. The molecule has 0 atom stereocenters. The van der Waals surface area contributed by atoms with Gasteiger partial charge in [0.15, 0.2) is 16.6 Å². The Morgan fingerprint density at radius 2 is 2.29 bits per heavy atom. The van der Waals surface area contributed by atoms with Gasteiger partial charge in [-0.15, -0.1) is 11.3 Å². The molecule has 1 amide bonds. The minimum atomic E-state index is -0.223. The van der Waals surface area contributed by atoms with Gasteiger partial charge < -0.3 is 9.47 Å². The highest BCUT2D eigenvalue weighted by atomic mass is 32.1. The van der Waals surface area contributed by atoms with Crippen molar-refractivity contribution in [1.82, 2.24) is 4.98 Å². The summed E-state index contributed by atoms with van der Waals surface area (Å²) in [6.07, 6.45) is 4.81. The van der Waals surface area contributed by atoms with E-state index in [9.17, 15) is 4.79 Å². The van der Waals surface area contributed by atoms with Crippen LogP contribution in [0.3, 0.4) is 0 Å². The Morgan fingerprint density at radius 1 is 1.43 bits per heavy atom. The number of thiazole rings is 1. The molecule has 0 aliphatic rings. The van der Waals surface area contributed by atoms with Crippen molar-refractivity contribution < 1.29 is 14.3 Å². The highest BCUT2D eigenvalue weighted by Gasteiger charge is 2.04. The third-order valence-electron chi connectivity index (χ3n) is 2.58. The molecule has 110 valence electrons. The molecule has 1 aromatic carbocycles. The molecule has 1 heterocycles. The normalized spacial score (nSPS) is 10.6. The second kappa shape index (κ2) is 7.44. The summed E-state index contributed by atoms with van der Waals surface area (Å²) < 4.78 is 10.7. The quantitative estimate of drug-likeness (QED) is 0.833. The molecule has 0 aliphatic heterocycles. The van der Waals surface area contributed by atoms with Crippen LogP contribution in [0.5, 0.6) is 11.5 Å². The Balaban J connectivity index is 2.06. The van der Waals surface area contributed by atoms with E-state index >= 15 is 0 Å². The second-order valence-corrected chi connectivity index (χ2v) is 4.90. The topological polar surface area (TPSA) is 60.5 Å². The van der Waals surface area contributed by atoms with Crippen LogP contribution in [0, 0.1) is 0 Å². The molecular formula is C15H16N2O3S. The van der Waals surface area contributed by atoms with Gasteiger partial charge in [0.2, 0.25) is 5.91 Å². The van der Waals surface area contributed by atoms with Gasteiger partial charge in [-0.25, -0.2) is 4.98 Å². The number of ether oxygens (including phenoxy) is 2. The van der Waals surface area contributed by atoms with Gasteiger partial charge in [0, 0.05) is 17.7 Å². The van der Waals surface area contributed by atoms with Crippen LogP contribution in [0.4, 0.5) is 5.13 Å². The van der Waals surface area contributed by atoms with Gasteiger partial charge >= 0.3 is 0 Å². The predicted molar refractivity (Wildman–Crippen MR) is 83.9 cm³/mol. The Hall–Kier alpha value is -2.34. The van der Waals surface area contributed by atoms with Crippen LogP contribution in [0.15, 0.2) is 35.9 Å². The predicted octanol–water partition coefficient (Wildman–Crippen LogP) is 3.20. The minimum Gasteiger partial charge on any atom is -0.493 e. The SMILES string of the molecule is CCOc1cc(/C=C/C(=O)Nc2nccs2)ccc1OC. The molecule has 6 heteroatoms. The summed E-state index contributed by atoms with van der Waals surface area (Å²) >= 11 is 1.37. The highest BCUT2D eigenvalue weighted by molar-refractivity contribution is 7.13. The first-order chi connectivity index (χ1) is 10.2. The fourth-order valence-electron chi connectivity index (χ4n) is 1.67. The maximum Gasteiger partial charge on any atom is 0.250 e. The van der Waals surface area contributed by atoms with Crippen molar-refractivity contribution in [2.45, 2.75) is 6.92 Å². The largest absolute Gasteiger partial charge is 0.493 e. The van der Waals surface area contributed by atoms with Crippen molar-refractivity contribution in [3.8, 4) is 11.5 Å². The van der Waals surface area contributed by atoms with E-state index in [2.05, 4.69) is 10.3 Å². The summed E-state index contributed by atoms with van der Waals surface area (Å²) in [4.78, 5) is 15.7. The summed E-state index contributed by atoms with van der Waals surface area (Å²) in [5.41, 5.74) is 0.855. The number of nitrogens with one attached hydrogen (secondary N) is 1. The van der Waals surface area contributed by atoms with E-state index in [1.807, 2.05) is 25.1 Å². The molecule has 5 nitrogen and oxygen atoms in total. The van der Waals surface area contributed by atoms with Crippen molar-refractivity contribution in [2.75, 3.05) is 19.0 Å². The van der Waals surface area contributed by atoms with Gasteiger partial charge in [0.1, 0.15) is 0 Å². The van der Waals surface area contributed by atoms with Crippen LogP contribution in [0.1, 0.15) is 12.5 Å². The van der Waals surface area contributed by atoms with E-state index in [0.717, 1.165) is 5.56 Å². The van der Waals surface area contributed by atoms with Crippen LogP contribution in [-0.4, -0.2) is 24.6 Å². The number of hydrogen-bond donors (Lipinski definition) is 1. The number of carbonyl (C=O) groups excluding carboxylic acids is 1. The van der Waals surface area contributed by atoms with Gasteiger partial charge in [0.05, 0.1) is 13.7 Å². The smallest absolute Gasteiger partial charge is 0.250 e. The van der Waals surface area contributed by atoms with Crippen LogP contribution >= 0.6 is 11.3 Å². The molecule has 0 aliphatic carbocycles. The molecule has 2 rings (SSSR count). The molecule has 0 spiro atoms. The van der Waals surface area contributed by atoms with E-state index in [1.54, 1.807) is 24.8 Å². The Labute approximate surface area is 127 Å². The molecule has 0 unspecified atom stereocenters. The number of nitrogens with zero attached hydrogens (tertiary/aromatic N) is 1. The van der Waals surface area contributed by atoms with Gasteiger partial charge in [-0.05, 0) is 30.7 Å². The lowest BCUT2D eigenvalue weighted by Crippen LogP contribution is -2.07. The number of benzene rings is 1. The molecule has 1 aromatic heterocycles. The number of carbonyl (C=O) groups is 1. The molecule has 2 aromatic rings. The maximum absolute atomic E-state index is 11.7. The molecule has 0 radical (unpaired) electrons. The number of amides is 1. The van der Waals surface area contributed by atoms with Gasteiger partial charge in [-0.2, -0.15) is 0 Å². The third-order valence-corrected chi connectivity index (χ3v) is 3.27.